The molecule has 0 atom stereocenters. The van der Waals surface area contributed by atoms with Gasteiger partial charge in [-0.25, -0.2) is 0 Å². The van der Waals surface area contributed by atoms with Crippen LogP contribution < -0.4 is 4.74 Å². The average Bonchev–Trinajstić information content (AvgIpc) is 3.12. The minimum Gasteiger partial charge on any atom is -0.449 e. The van der Waals surface area contributed by atoms with Gasteiger partial charge in [-0.05, 0) is 48.2 Å². The van der Waals surface area contributed by atoms with Gasteiger partial charge in [0, 0.05) is 27.7 Å². The number of thioether (sulfide) groups is 1. The van der Waals surface area contributed by atoms with Crippen molar-refractivity contribution < 1.29 is 37.3 Å². The number of carbonyl (C=O) groups excluding carboxylic acids is 2. The van der Waals surface area contributed by atoms with Crippen molar-refractivity contribution in [2.24, 2.45) is 0 Å². The van der Waals surface area contributed by atoms with E-state index in [4.69, 9.17) is 4.74 Å². The van der Waals surface area contributed by atoms with Crippen LogP contribution in [0.1, 0.15) is 16.7 Å². The van der Waals surface area contributed by atoms with E-state index in [1.165, 1.54) is 48.5 Å². The molecule has 2 amide bonds. The van der Waals surface area contributed by atoms with Crippen LogP contribution in [0.15, 0.2) is 70.0 Å². The number of nitro benzene ring substituents is 2. The van der Waals surface area contributed by atoms with E-state index < -0.39 is 44.2 Å². The number of rotatable bonds is 7. The van der Waals surface area contributed by atoms with Crippen LogP contribution in [0.3, 0.4) is 0 Å². The lowest BCUT2D eigenvalue weighted by Crippen LogP contribution is -2.27. The van der Waals surface area contributed by atoms with Crippen LogP contribution in [0.5, 0.6) is 11.5 Å². The van der Waals surface area contributed by atoms with Crippen molar-refractivity contribution in [1.29, 1.82) is 0 Å². The number of nitro groups is 2. The highest BCUT2D eigenvalue weighted by atomic mass is 79.9. The van der Waals surface area contributed by atoms with Crippen LogP contribution in [0.25, 0.3) is 6.08 Å². The van der Waals surface area contributed by atoms with Gasteiger partial charge in [0.25, 0.3) is 16.8 Å². The lowest BCUT2D eigenvalue weighted by atomic mass is 10.1. The molecule has 1 aliphatic rings. The number of imide groups is 1. The molecule has 3 aromatic rings. The molecular weight excluding hydrogens is 611 g/mol. The van der Waals surface area contributed by atoms with Crippen LogP contribution in [-0.2, 0) is 17.5 Å². The molecule has 1 heterocycles. The summed E-state index contributed by atoms with van der Waals surface area (Å²) in [5.74, 6) is -1.27. The van der Waals surface area contributed by atoms with Gasteiger partial charge in [0.1, 0.15) is 5.75 Å². The smallest absolute Gasteiger partial charge is 0.416 e. The van der Waals surface area contributed by atoms with E-state index in [-0.39, 0.29) is 34.0 Å². The number of benzene rings is 3. The van der Waals surface area contributed by atoms with Gasteiger partial charge in [-0.15, -0.1) is 0 Å². The molecule has 10 nitrogen and oxygen atoms in total. The van der Waals surface area contributed by atoms with Crippen LogP contribution >= 0.6 is 27.7 Å². The van der Waals surface area contributed by atoms with Crippen molar-refractivity contribution in [3.8, 4) is 11.5 Å². The number of ether oxygens (including phenoxy) is 1. The Hall–Kier alpha value is -4.24. The molecule has 39 heavy (non-hydrogen) atoms. The second kappa shape index (κ2) is 10.9. The molecular formula is C24H13BrF3N3O7S. The van der Waals surface area contributed by atoms with E-state index in [2.05, 4.69) is 15.9 Å². The van der Waals surface area contributed by atoms with Crippen molar-refractivity contribution in [2.75, 3.05) is 0 Å². The first-order valence-corrected chi connectivity index (χ1v) is 12.3. The van der Waals surface area contributed by atoms with Crippen molar-refractivity contribution in [3.05, 3.63) is 107 Å². The highest BCUT2D eigenvalue weighted by molar-refractivity contribution is 9.10. The van der Waals surface area contributed by atoms with Crippen LogP contribution in [0.4, 0.5) is 29.3 Å². The number of para-hydroxylation sites is 1. The van der Waals surface area contributed by atoms with Crippen molar-refractivity contribution in [2.45, 2.75) is 12.7 Å². The Morgan fingerprint density at radius 1 is 0.949 bits per heavy atom. The molecule has 0 aromatic heterocycles. The third kappa shape index (κ3) is 6.09. The lowest BCUT2D eigenvalue weighted by molar-refractivity contribution is -0.385. The quantitative estimate of drug-likeness (QED) is 0.152. The molecule has 1 aliphatic heterocycles. The largest absolute Gasteiger partial charge is 0.449 e. The van der Waals surface area contributed by atoms with Gasteiger partial charge >= 0.3 is 11.9 Å². The molecule has 0 N–H and O–H groups in total. The second-order valence-corrected chi connectivity index (χ2v) is 9.78. The summed E-state index contributed by atoms with van der Waals surface area (Å²) in [6, 6.07) is 11.8. The maximum atomic E-state index is 13.0. The van der Waals surface area contributed by atoms with Crippen molar-refractivity contribution in [3.63, 3.8) is 0 Å². The lowest BCUT2D eigenvalue weighted by Gasteiger charge is -2.13. The van der Waals surface area contributed by atoms with Crippen LogP contribution in [0, 0.1) is 20.2 Å². The van der Waals surface area contributed by atoms with E-state index in [0.29, 0.717) is 28.4 Å². The van der Waals surface area contributed by atoms with E-state index in [1.807, 2.05) is 0 Å². The van der Waals surface area contributed by atoms with Crippen molar-refractivity contribution >= 4 is 56.3 Å². The monoisotopic (exact) mass is 623 g/mol. The van der Waals surface area contributed by atoms with Gasteiger partial charge in [0.05, 0.1) is 26.9 Å². The summed E-state index contributed by atoms with van der Waals surface area (Å²) in [7, 11) is 0. The first-order chi connectivity index (χ1) is 18.3. The Morgan fingerprint density at radius 2 is 1.62 bits per heavy atom. The second-order valence-electron chi connectivity index (χ2n) is 7.88. The number of amides is 2. The summed E-state index contributed by atoms with van der Waals surface area (Å²) in [6.45, 7) is -0.348. The van der Waals surface area contributed by atoms with Gasteiger partial charge in [-0.3, -0.25) is 34.7 Å². The van der Waals surface area contributed by atoms with E-state index >= 15 is 0 Å². The zero-order chi connectivity index (χ0) is 28.5. The number of alkyl halides is 3. The summed E-state index contributed by atoms with van der Waals surface area (Å²) in [6.07, 6.45) is -3.53. The predicted octanol–water partition coefficient (Wildman–Crippen LogP) is 7.31. The summed E-state index contributed by atoms with van der Waals surface area (Å²) in [5.41, 5.74) is -2.10. The minimum atomic E-state index is -4.81. The maximum absolute atomic E-state index is 13.0. The third-order valence-corrected chi connectivity index (χ3v) is 6.75. The zero-order valence-corrected chi connectivity index (χ0v) is 21.6. The third-order valence-electron chi connectivity index (χ3n) is 5.35. The molecule has 15 heteroatoms. The summed E-state index contributed by atoms with van der Waals surface area (Å²) in [4.78, 5) is 47.5. The van der Waals surface area contributed by atoms with Crippen LogP contribution in [0.2, 0.25) is 0 Å². The number of carbonyl (C=O) groups is 2. The topological polar surface area (TPSA) is 133 Å². The molecule has 4 rings (SSSR count). The Morgan fingerprint density at radius 3 is 2.28 bits per heavy atom. The van der Waals surface area contributed by atoms with Gasteiger partial charge in [-0.2, -0.15) is 13.2 Å². The molecule has 1 fully saturated rings. The number of halogens is 4. The van der Waals surface area contributed by atoms with E-state index in [1.54, 1.807) is 0 Å². The molecule has 0 saturated carbocycles. The number of nitrogens with zero attached hydrogens (tertiary/aromatic N) is 3. The molecule has 200 valence electrons. The summed E-state index contributed by atoms with van der Waals surface area (Å²) < 4.78 is 45.2. The molecule has 3 aromatic carbocycles. The Labute approximate surface area is 229 Å². The Bertz CT molecular complexity index is 1560. The fourth-order valence-electron chi connectivity index (χ4n) is 3.54. The van der Waals surface area contributed by atoms with Crippen LogP contribution in [-0.4, -0.2) is 25.9 Å². The Kier molecular flexibility index (Phi) is 7.74. The van der Waals surface area contributed by atoms with Gasteiger partial charge in [0.15, 0.2) is 0 Å². The number of hydrogen-bond donors (Lipinski definition) is 0. The molecule has 0 radical (unpaired) electrons. The van der Waals surface area contributed by atoms with Gasteiger partial charge in [0.2, 0.25) is 5.75 Å². The average molecular weight is 624 g/mol. The molecule has 0 spiro atoms. The van der Waals surface area contributed by atoms with E-state index in [9.17, 15) is 43.0 Å². The first kappa shape index (κ1) is 27.8. The standard InChI is InChI=1S/C24H13BrF3N3O7S/c25-16-6-8-19(38-20-7-5-15(24(26,27)28)11-18(20)31(36)37)14(9-16)10-21-22(32)29(23(33)39-21)12-13-3-1-2-4-17(13)30(34)35/h1-11H,12H2/b21-10+. The number of hydrogen-bond acceptors (Lipinski definition) is 8. The maximum Gasteiger partial charge on any atom is 0.416 e. The predicted molar refractivity (Wildman–Crippen MR) is 137 cm³/mol. The first-order valence-electron chi connectivity index (χ1n) is 10.7. The highest BCUT2D eigenvalue weighted by Crippen LogP contribution is 2.41. The normalized spacial score (nSPS) is 14.7. The zero-order valence-electron chi connectivity index (χ0n) is 19.2. The molecule has 1 saturated heterocycles. The summed E-state index contributed by atoms with van der Waals surface area (Å²) in [5, 5.41) is 22.1. The summed E-state index contributed by atoms with van der Waals surface area (Å²) >= 11 is 3.82. The van der Waals surface area contributed by atoms with Gasteiger partial charge in [-0.1, -0.05) is 34.1 Å². The molecule has 0 bridgehead atoms. The van der Waals surface area contributed by atoms with Gasteiger partial charge < -0.3 is 4.74 Å². The Balaban J connectivity index is 1.67. The molecule has 0 aliphatic carbocycles. The minimum absolute atomic E-state index is 0.0495. The SMILES string of the molecule is O=C1S/C(=C/c2cc(Br)ccc2Oc2ccc(C(F)(F)F)cc2[N+](=O)[O-])C(=O)N1Cc1ccccc1[N+](=O)[O-]. The fraction of sp³-hybridized carbons (Fsp3) is 0.0833. The van der Waals surface area contributed by atoms with E-state index in [0.717, 1.165) is 11.0 Å². The fourth-order valence-corrected chi connectivity index (χ4v) is 4.74. The highest BCUT2D eigenvalue weighted by Gasteiger charge is 2.37. The van der Waals surface area contributed by atoms with Crippen molar-refractivity contribution in [1.82, 2.24) is 4.90 Å². The molecule has 0 unspecified atom stereocenters.